The van der Waals surface area contributed by atoms with Crippen LogP contribution in [0.2, 0.25) is 0 Å². The number of para-hydroxylation sites is 1. The van der Waals surface area contributed by atoms with Gasteiger partial charge in [0.05, 0.1) is 57.2 Å². The maximum absolute atomic E-state index is 14.8. The van der Waals surface area contributed by atoms with Crippen LogP contribution in [0.5, 0.6) is 5.75 Å². The van der Waals surface area contributed by atoms with Gasteiger partial charge in [0, 0.05) is 78.0 Å². The van der Waals surface area contributed by atoms with E-state index in [-0.39, 0.29) is 99.7 Å². The van der Waals surface area contributed by atoms with Crippen LogP contribution in [0, 0.1) is 0 Å². The number of ketones is 1. The van der Waals surface area contributed by atoms with Gasteiger partial charge in [-0.25, -0.2) is 26.3 Å². The molecule has 87 heavy (non-hydrogen) atoms. The van der Waals surface area contributed by atoms with E-state index >= 15 is 0 Å². The van der Waals surface area contributed by atoms with Gasteiger partial charge in [0.25, 0.3) is 0 Å². The minimum Gasteiger partial charge on any atom is -0.508 e. The highest BCUT2D eigenvalue weighted by molar-refractivity contribution is 8.00. The number of pyridine rings is 1. The molecule has 4 bridgehead atoms. The monoisotopic (exact) mass is 1240 g/mol. The summed E-state index contributed by atoms with van der Waals surface area (Å²) in [5.74, 6) is -0.789. The lowest BCUT2D eigenvalue weighted by Crippen LogP contribution is -2.47. The van der Waals surface area contributed by atoms with Crippen LogP contribution in [0.4, 0.5) is 4.79 Å². The first kappa shape index (κ1) is 62.0. The fraction of sp³-hybridized carbons (Fsp3) is 0.365. The number of nitrogens with zero attached hydrogens (tertiary/aromatic N) is 5. The number of phenolic OH excluding ortho intramolecular Hbond substituents is 1. The van der Waals surface area contributed by atoms with Gasteiger partial charge < -0.3 is 36.8 Å². The molecule has 2 unspecified atom stereocenters. The second-order valence-electron chi connectivity index (χ2n) is 22.4. The van der Waals surface area contributed by atoms with Crippen molar-refractivity contribution >= 4 is 72.1 Å². The number of unbranched alkanes of at least 4 members (excludes halogenated alkanes) is 3. The van der Waals surface area contributed by atoms with E-state index in [2.05, 4.69) is 36.9 Å². The second kappa shape index (κ2) is 27.8. The summed E-state index contributed by atoms with van der Waals surface area (Å²) in [6.45, 7) is 1.43. The van der Waals surface area contributed by atoms with Crippen molar-refractivity contribution in [1.29, 1.82) is 0 Å². The molecule has 7 atom stereocenters. The van der Waals surface area contributed by atoms with Crippen LogP contribution in [-0.2, 0) is 53.6 Å². The van der Waals surface area contributed by atoms with Crippen LogP contribution < -0.4 is 26.6 Å². The van der Waals surface area contributed by atoms with E-state index in [0.717, 1.165) is 35.4 Å². The predicted molar refractivity (Wildman–Crippen MR) is 327 cm³/mol. The molecule has 0 spiro atoms. The number of β-amino-alcohol motifs (C(OH)–C–C–N with tert-alkyl or cyclic N) is 1. The van der Waals surface area contributed by atoms with Crippen molar-refractivity contribution in [2.75, 3.05) is 25.4 Å². The minimum atomic E-state index is -4.51. The number of thioether (sulfide) groups is 1. The molecule has 2 aromatic heterocycles. The quantitative estimate of drug-likeness (QED) is 0.0188. The molecule has 0 saturated carbocycles. The fourth-order valence-electron chi connectivity index (χ4n) is 11.3. The summed E-state index contributed by atoms with van der Waals surface area (Å²) in [4.78, 5) is 69.5. The van der Waals surface area contributed by atoms with Gasteiger partial charge in [-0.3, -0.25) is 24.2 Å². The number of aliphatic hydroxyl groups excluding tert-OH is 1. The summed E-state index contributed by atoms with van der Waals surface area (Å²) in [5, 5.41) is 46.8. The molecule has 0 radical (unpaired) electrons. The molecular weight excluding hydrogens is 1170 g/mol. The van der Waals surface area contributed by atoms with Gasteiger partial charge in [0.2, 0.25) is 37.6 Å². The number of aromatic hydroxyl groups is 1. The van der Waals surface area contributed by atoms with Crippen molar-refractivity contribution in [3.8, 4) is 5.75 Å². The number of phenols is 1. The van der Waals surface area contributed by atoms with E-state index in [1.807, 2.05) is 17.8 Å². The Bertz CT molecular complexity index is 3850. The average molecular weight is 1240 g/mol. The van der Waals surface area contributed by atoms with Gasteiger partial charge in [-0.1, -0.05) is 116 Å². The van der Waals surface area contributed by atoms with Gasteiger partial charge in [-0.05, 0) is 85.7 Å². The zero-order chi connectivity index (χ0) is 61.2. The highest BCUT2D eigenvalue weighted by atomic mass is 32.2. The first-order valence-electron chi connectivity index (χ1n) is 29.2. The van der Waals surface area contributed by atoms with E-state index in [9.17, 15) is 51.0 Å². The average Bonchev–Trinajstić information content (AvgIpc) is 2.16. The lowest BCUT2D eigenvalue weighted by atomic mass is 9.99. The maximum Gasteiger partial charge on any atom is 0.315 e. The summed E-state index contributed by atoms with van der Waals surface area (Å²) in [6, 6.07) is 33.5. The van der Waals surface area contributed by atoms with Crippen molar-refractivity contribution < 1.29 is 51.0 Å². The van der Waals surface area contributed by atoms with E-state index in [1.54, 1.807) is 91.9 Å². The Hall–Kier alpha value is -8.03. The summed E-state index contributed by atoms with van der Waals surface area (Å²) in [5.41, 5.74) is 3.25. The SMILES string of the molecule is CC1CN(CC(O)[C@H](Cc2ccc(O)cc2)n2cc(CNC(=O)[C@H](Cc3ccc(C(=O)c4ccccc4)cc3)NC(=O)CCCCCNC(=O)CCCC[C@@H]3SC[C@@H]4NC(=O)N[C@@H]43)nn2)S(=O)(=O)c2cccc(c2)S(=O)(=O)c2cccc3ccc1nc23. The van der Waals surface area contributed by atoms with Gasteiger partial charge in [0.15, 0.2) is 5.78 Å². The fourth-order valence-corrected chi connectivity index (χ4v) is 16.0. The number of sulfone groups is 1. The summed E-state index contributed by atoms with van der Waals surface area (Å²) < 4.78 is 60.5. The molecule has 0 aliphatic carbocycles. The molecule has 10 rings (SSSR count). The molecule has 2 fully saturated rings. The molecule has 7 aromatic rings. The number of urea groups is 1. The van der Waals surface area contributed by atoms with Crippen LogP contribution in [0.1, 0.15) is 109 Å². The molecule has 2 saturated heterocycles. The van der Waals surface area contributed by atoms with E-state index in [1.165, 1.54) is 47.3 Å². The predicted octanol–water partition coefficient (Wildman–Crippen LogP) is 6.29. The lowest BCUT2D eigenvalue weighted by Gasteiger charge is -2.31. The number of hydrogen-bond acceptors (Lipinski definition) is 15. The molecule has 456 valence electrons. The molecule has 3 aliphatic heterocycles. The number of nitrogens with one attached hydrogen (secondary N) is 5. The molecular formula is C63H70N10O11S3. The van der Waals surface area contributed by atoms with Crippen LogP contribution in [0.25, 0.3) is 10.9 Å². The summed E-state index contributed by atoms with van der Waals surface area (Å²) in [7, 11) is -8.77. The van der Waals surface area contributed by atoms with Crippen molar-refractivity contribution in [3.63, 3.8) is 0 Å². The number of carbonyl (C=O) groups excluding carboxylic acids is 5. The van der Waals surface area contributed by atoms with Crippen LogP contribution >= 0.6 is 11.8 Å². The number of fused-ring (bicyclic) bond motifs is 4. The second-order valence-corrected chi connectivity index (χ2v) is 27.6. The topological polar surface area (TPSA) is 301 Å². The van der Waals surface area contributed by atoms with Gasteiger partial charge in [-0.15, -0.1) is 5.10 Å². The summed E-state index contributed by atoms with van der Waals surface area (Å²) in [6.07, 6.45) is 5.08. The Morgan fingerprint density at radius 1 is 0.759 bits per heavy atom. The van der Waals surface area contributed by atoms with Gasteiger partial charge in [0.1, 0.15) is 17.5 Å². The Balaban J connectivity index is 0.798. The number of aliphatic hydroxyl groups is 1. The number of rotatable bonds is 25. The minimum absolute atomic E-state index is 0.00581. The Morgan fingerprint density at radius 3 is 2.26 bits per heavy atom. The first-order valence-corrected chi connectivity index (χ1v) is 33.2. The van der Waals surface area contributed by atoms with Gasteiger partial charge in [-0.2, -0.15) is 16.1 Å². The highest BCUT2D eigenvalue weighted by Crippen LogP contribution is 2.35. The molecule has 5 heterocycles. The Kier molecular flexibility index (Phi) is 19.8. The van der Waals surface area contributed by atoms with Crippen molar-refractivity contribution in [1.82, 2.24) is 50.9 Å². The van der Waals surface area contributed by atoms with Crippen LogP contribution in [0.15, 0.2) is 154 Å². The third kappa shape index (κ3) is 15.2. The van der Waals surface area contributed by atoms with E-state index in [0.29, 0.717) is 70.8 Å². The van der Waals surface area contributed by atoms with Crippen molar-refractivity contribution in [2.24, 2.45) is 0 Å². The first-order chi connectivity index (χ1) is 41.9. The molecule has 24 heteroatoms. The number of aromatic nitrogens is 4. The summed E-state index contributed by atoms with van der Waals surface area (Å²) >= 11 is 1.85. The third-order valence-corrected chi connectivity index (χ3v) is 21.2. The maximum atomic E-state index is 14.8. The zero-order valence-electron chi connectivity index (χ0n) is 48.0. The van der Waals surface area contributed by atoms with Crippen LogP contribution in [-0.4, -0.2) is 136 Å². The van der Waals surface area contributed by atoms with Crippen LogP contribution in [0.3, 0.4) is 0 Å². The Morgan fingerprint density at radius 2 is 1.47 bits per heavy atom. The smallest absolute Gasteiger partial charge is 0.315 e. The Labute approximate surface area is 509 Å². The number of benzene rings is 5. The number of carbonyl (C=O) groups is 5. The lowest BCUT2D eigenvalue weighted by molar-refractivity contribution is -0.129. The largest absolute Gasteiger partial charge is 0.508 e. The number of hydrogen-bond donors (Lipinski definition) is 7. The molecule has 7 N–H and O–H groups in total. The zero-order valence-corrected chi connectivity index (χ0v) is 50.4. The number of amides is 5. The number of sulfonamides is 1. The van der Waals surface area contributed by atoms with Crippen molar-refractivity contribution in [3.05, 3.63) is 173 Å². The van der Waals surface area contributed by atoms with E-state index < -0.39 is 56.4 Å². The molecule has 5 amide bonds. The normalized spacial score (nSPS) is 19.5. The van der Waals surface area contributed by atoms with Gasteiger partial charge >= 0.3 is 6.03 Å². The molecule has 5 aromatic carbocycles. The molecule has 3 aliphatic rings. The van der Waals surface area contributed by atoms with Crippen molar-refractivity contribution in [2.45, 2.75) is 134 Å². The highest BCUT2D eigenvalue weighted by Gasteiger charge is 2.43. The molecule has 21 nitrogen and oxygen atoms in total. The van der Waals surface area contributed by atoms with E-state index in [4.69, 9.17) is 4.98 Å². The standard InChI is InChI=1S/C63H70N10O11S3/c1-40-36-72(87(83,84)49-16-11-15-48(34-49)86(81,82)56-18-10-14-43-27-30-50(40)67-59(43)56)38-54(75)53(33-42-23-28-47(74)29-24-42)73-37-46(70-71-73)35-65-62(79)51(32-41-21-25-45(26-22-41)61(78)44-12-4-2-5-13-44)66-58(77)20-6-3-9-31-64-57(76)19-8-7-17-55-60-52(39-85-55)68-63(80)69-60/h2,4-5,10-16,18,21-30,34,37,40,51-55,60,74-75H,3,6-9,17,19-20,31-33,35-36,38-39H2,1H3,(H,64,76)(H,65,79)(H,66,77)(H2,68,69,80)/t40?,51-,52-,53-,54?,55-,60-/m0/s1. The third-order valence-electron chi connectivity index (χ3n) is 16.1.